The van der Waals surface area contributed by atoms with Crippen molar-refractivity contribution in [2.24, 2.45) is 0 Å². The van der Waals surface area contributed by atoms with Crippen LogP contribution in [0.25, 0.3) is 0 Å². The molecule has 0 bridgehead atoms. The molecule has 2 aromatic carbocycles. The molecule has 6 nitrogen and oxygen atoms in total. The first kappa shape index (κ1) is 14.2. The van der Waals surface area contributed by atoms with Gasteiger partial charge in [-0.25, -0.2) is 0 Å². The zero-order valence-corrected chi connectivity index (χ0v) is 12.4. The van der Waals surface area contributed by atoms with Crippen molar-refractivity contribution in [3.8, 4) is 23.0 Å². The second-order valence-corrected chi connectivity index (χ2v) is 5.70. The second-order valence-electron chi connectivity index (χ2n) is 5.70. The highest BCUT2D eigenvalue weighted by Gasteiger charge is 2.43. The third-order valence-corrected chi connectivity index (χ3v) is 4.38. The number of benzene rings is 2. The van der Waals surface area contributed by atoms with Crippen molar-refractivity contribution >= 4 is 0 Å². The van der Waals surface area contributed by atoms with Crippen molar-refractivity contribution in [3.63, 3.8) is 0 Å². The number of aliphatic hydroxyl groups excluding tert-OH is 1. The van der Waals surface area contributed by atoms with E-state index < -0.39 is 18.3 Å². The fourth-order valence-electron chi connectivity index (χ4n) is 3.17. The van der Waals surface area contributed by atoms with E-state index in [9.17, 15) is 15.3 Å². The molecule has 3 atom stereocenters. The van der Waals surface area contributed by atoms with Gasteiger partial charge in [-0.1, -0.05) is 0 Å². The highest BCUT2D eigenvalue weighted by Crippen LogP contribution is 2.48. The topological polar surface area (TPSA) is 88.4 Å². The number of fused-ring (bicyclic) bond motifs is 4. The normalized spacial score (nSPS) is 24.9. The third kappa shape index (κ3) is 2.10. The zero-order chi connectivity index (χ0) is 16.1. The van der Waals surface area contributed by atoms with E-state index >= 15 is 0 Å². The Kier molecular flexibility index (Phi) is 3.11. The predicted molar refractivity (Wildman–Crippen MR) is 79.7 cm³/mol. The molecule has 2 aliphatic heterocycles. The first-order valence-electron chi connectivity index (χ1n) is 7.27. The van der Waals surface area contributed by atoms with Gasteiger partial charge in [0, 0.05) is 17.2 Å². The van der Waals surface area contributed by atoms with Crippen LogP contribution in [-0.4, -0.2) is 28.5 Å². The Bertz CT molecular complexity index is 772. The molecular weight excluding hydrogens is 300 g/mol. The maximum Gasteiger partial charge on any atom is 0.157 e. The minimum atomic E-state index is -0.848. The maximum absolute atomic E-state index is 10.6. The molecule has 0 aromatic heterocycles. The average molecular weight is 316 g/mol. The molecule has 0 saturated carbocycles. The Labute approximate surface area is 132 Å². The number of hydrogen-bond donors (Lipinski definition) is 3. The Morgan fingerprint density at radius 1 is 1.09 bits per heavy atom. The molecule has 0 amide bonds. The quantitative estimate of drug-likeness (QED) is 0.699. The van der Waals surface area contributed by atoms with E-state index in [4.69, 9.17) is 14.2 Å². The lowest BCUT2D eigenvalue weighted by Gasteiger charge is -2.40. The number of phenols is 2. The van der Waals surface area contributed by atoms with Gasteiger partial charge in [-0.2, -0.15) is 0 Å². The van der Waals surface area contributed by atoms with Gasteiger partial charge in [0.25, 0.3) is 0 Å². The Morgan fingerprint density at radius 3 is 2.65 bits per heavy atom. The molecule has 0 aliphatic carbocycles. The van der Waals surface area contributed by atoms with Crippen LogP contribution in [0.15, 0.2) is 30.3 Å². The van der Waals surface area contributed by atoms with Crippen LogP contribution in [0.4, 0.5) is 0 Å². The molecule has 23 heavy (non-hydrogen) atoms. The monoisotopic (exact) mass is 316 g/mol. The molecule has 2 aromatic rings. The number of rotatable bonds is 1. The first-order valence-corrected chi connectivity index (χ1v) is 7.27. The number of ether oxygens (including phenoxy) is 3. The van der Waals surface area contributed by atoms with Crippen LogP contribution in [0.2, 0.25) is 0 Å². The van der Waals surface area contributed by atoms with Crippen molar-refractivity contribution in [3.05, 3.63) is 47.0 Å². The third-order valence-electron chi connectivity index (χ3n) is 4.38. The molecule has 3 N–H and O–H groups in total. The molecule has 4 rings (SSSR count). The molecule has 0 spiro atoms. The molecular formula is C17H16O6. The standard InChI is InChI=1S/C17H16O6/c1-21-9-2-3-10-14(5-9)23-16-11-6-13(19)12(18)4-8(11)7-22-17(16)15(10)20/h2-6,15-20H,7H2,1H3. The van der Waals surface area contributed by atoms with Gasteiger partial charge in [-0.15, -0.1) is 0 Å². The molecule has 3 unspecified atom stereocenters. The predicted octanol–water partition coefficient (Wildman–Crippen LogP) is 2.17. The van der Waals surface area contributed by atoms with E-state index in [2.05, 4.69) is 0 Å². The minimum Gasteiger partial charge on any atom is -0.504 e. The van der Waals surface area contributed by atoms with Crippen LogP contribution in [0.3, 0.4) is 0 Å². The van der Waals surface area contributed by atoms with Crippen molar-refractivity contribution in [1.82, 2.24) is 0 Å². The van der Waals surface area contributed by atoms with Crippen LogP contribution in [0, 0.1) is 0 Å². The van der Waals surface area contributed by atoms with Gasteiger partial charge in [0.05, 0.1) is 13.7 Å². The van der Waals surface area contributed by atoms with E-state index in [1.807, 2.05) is 0 Å². The average Bonchev–Trinajstić information content (AvgIpc) is 2.56. The van der Waals surface area contributed by atoms with Gasteiger partial charge in [0.15, 0.2) is 17.6 Å². The summed E-state index contributed by atoms with van der Waals surface area (Å²) in [6, 6.07) is 8.14. The lowest BCUT2D eigenvalue weighted by molar-refractivity contribution is -0.127. The molecule has 2 heterocycles. The SMILES string of the molecule is COc1ccc2c(c1)OC1c3cc(O)c(O)cc3COC1C2O. The summed E-state index contributed by atoms with van der Waals surface area (Å²) in [5.41, 5.74) is 2.06. The van der Waals surface area contributed by atoms with Gasteiger partial charge in [-0.05, 0) is 29.8 Å². The van der Waals surface area contributed by atoms with Crippen LogP contribution in [0.5, 0.6) is 23.0 Å². The van der Waals surface area contributed by atoms with Crippen molar-refractivity contribution in [1.29, 1.82) is 0 Å². The Morgan fingerprint density at radius 2 is 1.87 bits per heavy atom. The number of phenolic OH excluding ortho intramolecular Hbond substituents is 2. The first-order chi connectivity index (χ1) is 11.1. The summed E-state index contributed by atoms with van der Waals surface area (Å²) in [5, 5.41) is 30.0. The molecule has 6 heteroatoms. The van der Waals surface area contributed by atoms with Gasteiger partial charge in [0.2, 0.25) is 0 Å². The summed E-state index contributed by atoms with van der Waals surface area (Å²) in [6.45, 7) is 0.232. The largest absolute Gasteiger partial charge is 0.504 e. The second kappa shape index (κ2) is 5.04. The van der Waals surface area contributed by atoms with Crippen molar-refractivity contribution in [2.75, 3.05) is 7.11 Å². The van der Waals surface area contributed by atoms with Gasteiger partial charge >= 0.3 is 0 Å². The van der Waals surface area contributed by atoms with E-state index in [-0.39, 0.29) is 18.1 Å². The summed E-state index contributed by atoms with van der Waals surface area (Å²) in [6.07, 6.45) is -1.99. The van der Waals surface area contributed by atoms with E-state index in [1.165, 1.54) is 12.1 Å². The van der Waals surface area contributed by atoms with Gasteiger partial charge in [-0.3, -0.25) is 0 Å². The number of hydrogen-bond acceptors (Lipinski definition) is 6. The number of aliphatic hydroxyl groups is 1. The summed E-state index contributed by atoms with van der Waals surface area (Å²) >= 11 is 0. The molecule has 120 valence electrons. The lowest BCUT2D eigenvalue weighted by atomic mass is 9.87. The Balaban J connectivity index is 1.81. The fourth-order valence-corrected chi connectivity index (χ4v) is 3.17. The lowest BCUT2D eigenvalue weighted by Crippen LogP contribution is -2.39. The van der Waals surface area contributed by atoms with Crippen LogP contribution < -0.4 is 9.47 Å². The van der Waals surface area contributed by atoms with Crippen LogP contribution >= 0.6 is 0 Å². The summed E-state index contributed by atoms with van der Waals surface area (Å²) in [7, 11) is 1.56. The van der Waals surface area contributed by atoms with Crippen LogP contribution in [-0.2, 0) is 11.3 Å². The smallest absolute Gasteiger partial charge is 0.157 e. The highest BCUT2D eigenvalue weighted by atomic mass is 16.6. The molecule has 0 radical (unpaired) electrons. The number of methoxy groups -OCH3 is 1. The van der Waals surface area contributed by atoms with Crippen molar-refractivity contribution in [2.45, 2.75) is 24.9 Å². The van der Waals surface area contributed by atoms with Crippen LogP contribution in [0.1, 0.15) is 28.9 Å². The maximum atomic E-state index is 10.6. The van der Waals surface area contributed by atoms with E-state index in [0.29, 0.717) is 22.6 Å². The Hall–Kier alpha value is -2.44. The van der Waals surface area contributed by atoms with E-state index in [0.717, 1.165) is 5.56 Å². The molecule has 0 saturated heterocycles. The van der Waals surface area contributed by atoms with Gasteiger partial charge < -0.3 is 29.5 Å². The summed E-state index contributed by atoms with van der Waals surface area (Å²) in [4.78, 5) is 0. The summed E-state index contributed by atoms with van der Waals surface area (Å²) in [5.74, 6) is 0.713. The highest BCUT2D eigenvalue weighted by molar-refractivity contribution is 5.50. The van der Waals surface area contributed by atoms with Crippen molar-refractivity contribution < 1.29 is 29.5 Å². The van der Waals surface area contributed by atoms with E-state index in [1.54, 1.807) is 25.3 Å². The van der Waals surface area contributed by atoms with Gasteiger partial charge in [0.1, 0.15) is 23.7 Å². The zero-order valence-electron chi connectivity index (χ0n) is 12.4. The summed E-state index contributed by atoms with van der Waals surface area (Å²) < 4.78 is 16.9. The molecule has 2 aliphatic rings. The number of aromatic hydroxyl groups is 2. The fraction of sp³-hybridized carbons (Fsp3) is 0.294. The minimum absolute atomic E-state index is 0.204. The molecule has 0 fully saturated rings.